The molecule has 0 saturated carbocycles. The quantitative estimate of drug-likeness (QED) is 0.271. The van der Waals surface area contributed by atoms with E-state index >= 15 is 0 Å². The van der Waals surface area contributed by atoms with E-state index in [4.69, 9.17) is 11.2 Å². The summed E-state index contributed by atoms with van der Waals surface area (Å²) in [5, 5.41) is 0.0878. The van der Waals surface area contributed by atoms with Gasteiger partial charge in [-0.2, -0.15) is 13.2 Å². The molecule has 0 radical (unpaired) electrons. The molecular formula is C27H22F3NO4. The molecule has 1 aliphatic heterocycles. The van der Waals surface area contributed by atoms with Gasteiger partial charge in [0, 0.05) is 29.5 Å². The van der Waals surface area contributed by atoms with Crippen LogP contribution in [0.4, 0.5) is 13.2 Å². The molecule has 2 heterocycles. The number of rotatable bonds is 6. The van der Waals surface area contributed by atoms with Crippen molar-refractivity contribution < 1.29 is 32.3 Å². The number of ether oxygens (including phenoxy) is 1. The molecule has 0 saturated heterocycles. The van der Waals surface area contributed by atoms with E-state index in [-0.39, 0.29) is 24.1 Å². The molecule has 2 atom stereocenters. The lowest BCUT2D eigenvalue weighted by molar-refractivity contribution is -0.158. The van der Waals surface area contributed by atoms with Gasteiger partial charge in [-0.05, 0) is 19.4 Å². The zero-order valence-electron chi connectivity index (χ0n) is 19.1. The van der Waals surface area contributed by atoms with E-state index in [2.05, 4.69) is 5.92 Å². The van der Waals surface area contributed by atoms with Crippen LogP contribution in [0.2, 0.25) is 0 Å². The molecule has 2 unspecified atom stereocenters. The van der Waals surface area contributed by atoms with Gasteiger partial charge in [0.1, 0.15) is 0 Å². The summed E-state index contributed by atoms with van der Waals surface area (Å²) in [6, 6.07) is 13.0. The number of carbonyl (C=O) groups is 3. The lowest BCUT2D eigenvalue weighted by Gasteiger charge is -2.39. The Morgan fingerprint density at radius 3 is 2.43 bits per heavy atom. The van der Waals surface area contributed by atoms with Gasteiger partial charge in [0.15, 0.2) is 11.2 Å². The van der Waals surface area contributed by atoms with Gasteiger partial charge in [-0.1, -0.05) is 54.5 Å². The van der Waals surface area contributed by atoms with Crippen LogP contribution in [0, 0.1) is 17.8 Å². The second kappa shape index (κ2) is 8.73. The molecule has 180 valence electrons. The molecule has 35 heavy (non-hydrogen) atoms. The van der Waals surface area contributed by atoms with Gasteiger partial charge in [0.25, 0.3) is 5.78 Å². The number of benzene rings is 2. The summed E-state index contributed by atoms with van der Waals surface area (Å²) in [7, 11) is 0. The number of hydrogen-bond acceptors (Lipinski definition) is 4. The van der Waals surface area contributed by atoms with Gasteiger partial charge in [-0.3, -0.25) is 14.4 Å². The zero-order valence-corrected chi connectivity index (χ0v) is 19.1. The van der Waals surface area contributed by atoms with Crippen molar-refractivity contribution in [1.82, 2.24) is 4.57 Å². The van der Waals surface area contributed by atoms with Crippen LogP contribution in [0.3, 0.4) is 0 Å². The lowest BCUT2D eigenvalue weighted by Crippen LogP contribution is -2.45. The molecule has 0 aliphatic carbocycles. The van der Waals surface area contributed by atoms with E-state index in [0.29, 0.717) is 16.6 Å². The third-order valence-corrected chi connectivity index (χ3v) is 6.27. The summed E-state index contributed by atoms with van der Waals surface area (Å²) >= 11 is 0. The van der Waals surface area contributed by atoms with E-state index < -0.39 is 40.9 Å². The molecule has 1 aromatic heterocycles. The normalized spacial score (nSPS) is 19.4. The summed E-state index contributed by atoms with van der Waals surface area (Å²) in [5.74, 6) is -1.38. The number of esters is 1. The van der Waals surface area contributed by atoms with Crippen molar-refractivity contribution in [2.45, 2.75) is 45.0 Å². The maximum absolute atomic E-state index is 13.4. The van der Waals surface area contributed by atoms with Crippen LogP contribution < -0.4 is 0 Å². The summed E-state index contributed by atoms with van der Waals surface area (Å²) in [6.07, 6.45) is 1.23. The molecule has 0 bridgehead atoms. The molecule has 8 heteroatoms. The average Bonchev–Trinajstić information content (AvgIpc) is 3.18. The minimum atomic E-state index is -5.08. The number of para-hydroxylation sites is 1. The summed E-state index contributed by atoms with van der Waals surface area (Å²) in [4.78, 5) is 38.8. The number of terminal acetylenes is 1. The van der Waals surface area contributed by atoms with Crippen LogP contribution in [0.5, 0.6) is 0 Å². The van der Waals surface area contributed by atoms with Gasteiger partial charge in [0.05, 0.1) is 23.7 Å². The zero-order chi connectivity index (χ0) is 25.5. The Kier molecular flexibility index (Phi) is 6.05. The smallest absolute Gasteiger partial charge is 0.454 e. The maximum Gasteiger partial charge on any atom is 0.454 e. The molecule has 1 aliphatic rings. The van der Waals surface area contributed by atoms with Crippen molar-refractivity contribution in [1.29, 1.82) is 0 Å². The van der Waals surface area contributed by atoms with Crippen molar-refractivity contribution in [2.24, 2.45) is 5.41 Å². The van der Waals surface area contributed by atoms with Crippen LogP contribution in [-0.4, -0.2) is 34.4 Å². The molecule has 5 nitrogen and oxygen atoms in total. The highest BCUT2D eigenvalue weighted by atomic mass is 19.4. The minimum Gasteiger partial charge on any atom is -0.462 e. The Bertz CT molecular complexity index is 1360. The van der Waals surface area contributed by atoms with Gasteiger partial charge in [0.2, 0.25) is 0 Å². The number of alkyl halides is 3. The number of hydrogen-bond donors (Lipinski definition) is 0. The van der Waals surface area contributed by atoms with Crippen molar-refractivity contribution in [3.8, 4) is 12.3 Å². The topological polar surface area (TPSA) is 65.4 Å². The van der Waals surface area contributed by atoms with E-state index in [9.17, 15) is 27.6 Å². The lowest BCUT2D eigenvalue weighted by atomic mass is 9.67. The fourth-order valence-electron chi connectivity index (χ4n) is 4.72. The van der Waals surface area contributed by atoms with Crippen molar-refractivity contribution in [3.63, 3.8) is 0 Å². The predicted molar refractivity (Wildman–Crippen MR) is 123 cm³/mol. The fraction of sp³-hybridized carbons (Fsp3) is 0.296. The highest BCUT2D eigenvalue weighted by molar-refractivity contribution is 6.11. The van der Waals surface area contributed by atoms with E-state index in [0.717, 1.165) is 6.20 Å². The first kappa shape index (κ1) is 24.3. The number of carbonyl (C=O) groups excluding carboxylic acids is 3. The van der Waals surface area contributed by atoms with Gasteiger partial charge < -0.3 is 9.30 Å². The summed E-state index contributed by atoms with van der Waals surface area (Å²) in [6.45, 7) is 3.06. The Morgan fingerprint density at radius 2 is 1.83 bits per heavy atom. The molecule has 0 amide bonds. The Hall–Kier alpha value is -3.86. The van der Waals surface area contributed by atoms with Crippen LogP contribution in [0.25, 0.3) is 10.9 Å². The highest BCUT2D eigenvalue weighted by Crippen LogP contribution is 2.49. The number of aromatic nitrogens is 1. The number of ketones is 2. The molecule has 0 fully saturated rings. The monoisotopic (exact) mass is 481 g/mol. The Balaban J connectivity index is 1.93. The van der Waals surface area contributed by atoms with Crippen LogP contribution in [0.15, 0.2) is 54.7 Å². The van der Waals surface area contributed by atoms with Crippen LogP contribution in [0.1, 0.15) is 52.5 Å². The standard InChI is InChI=1S/C27H22F3NO4/c1-4-26(25(34)35-16(2)3)15-31-14-20(24(33)27(28,29)30)18-11-8-12-19(23(18)31)21(26)13-22(32)17-9-6-5-7-10-17/h1,5-12,14,16,21H,13,15H2,2-3H3. The van der Waals surface area contributed by atoms with Crippen molar-refractivity contribution >= 4 is 28.4 Å². The molecule has 0 N–H and O–H groups in total. The maximum atomic E-state index is 13.4. The Morgan fingerprint density at radius 1 is 1.14 bits per heavy atom. The minimum absolute atomic E-state index is 0.0878. The SMILES string of the molecule is C#CC1(C(=O)OC(C)C)Cn2cc(C(=O)C(F)(F)F)c3cccc(c32)C1CC(=O)c1ccccc1. The third kappa shape index (κ3) is 4.12. The second-order valence-electron chi connectivity index (χ2n) is 8.86. The largest absolute Gasteiger partial charge is 0.462 e. The first-order valence-corrected chi connectivity index (χ1v) is 11.0. The van der Waals surface area contributed by atoms with Crippen molar-refractivity contribution in [2.75, 3.05) is 0 Å². The molecule has 0 spiro atoms. The van der Waals surface area contributed by atoms with Crippen molar-refractivity contribution in [3.05, 3.63) is 71.4 Å². The van der Waals surface area contributed by atoms with Gasteiger partial charge in [-0.25, -0.2) is 0 Å². The fourth-order valence-corrected chi connectivity index (χ4v) is 4.72. The first-order chi connectivity index (χ1) is 16.5. The molecular weight excluding hydrogens is 459 g/mol. The van der Waals surface area contributed by atoms with Crippen LogP contribution >= 0.6 is 0 Å². The van der Waals surface area contributed by atoms with Gasteiger partial charge in [-0.15, -0.1) is 6.42 Å². The molecule has 4 rings (SSSR count). The number of halogens is 3. The summed E-state index contributed by atoms with van der Waals surface area (Å²) in [5.41, 5.74) is -1.04. The highest BCUT2D eigenvalue weighted by Gasteiger charge is 2.52. The molecule has 3 aromatic rings. The van der Waals surface area contributed by atoms with Crippen LogP contribution in [-0.2, 0) is 16.1 Å². The number of nitrogens with zero attached hydrogens (tertiary/aromatic N) is 1. The second-order valence-corrected chi connectivity index (χ2v) is 8.86. The van der Waals surface area contributed by atoms with E-state index in [1.54, 1.807) is 50.2 Å². The molecule has 2 aromatic carbocycles. The Labute approximate surface area is 199 Å². The van der Waals surface area contributed by atoms with Gasteiger partial charge >= 0.3 is 12.1 Å². The number of Topliss-reactive ketones (excluding diaryl/α,β-unsaturated/α-hetero) is 2. The average molecular weight is 481 g/mol. The van der Waals surface area contributed by atoms with E-state index in [1.165, 1.54) is 16.7 Å². The van der Waals surface area contributed by atoms with E-state index in [1.807, 2.05) is 0 Å². The first-order valence-electron chi connectivity index (χ1n) is 11.0. The summed E-state index contributed by atoms with van der Waals surface area (Å²) < 4.78 is 46.8. The third-order valence-electron chi connectivity index (χ3n) is 6.27. The predicted octanol–water partition coefficient (Wildman–Crippen LogP) is 5.33.